The second-order valence-electron chi connectivity index (χ2n) is 2.82. The molecule has 0 atom stereocenters. The van der Waals surface area contributed by atoms with Gasteiger partial charge in [-0.3, -0.25) is 0 Å². The predicted octanol–water partition coefficient (Wildman–Crippen LogP) is 4.62. The average molecular weight is 203 g/mol. The summed E-state index contributed by atoms with van der Waals surface area (Å²) in [6, 6.07) is 0.756. The average Bonchev–Trinajstić information content (AvgIpc) is 2.30. The summed E-state index contributed by atoms with van der Waals surface area (Å²) in [5.41, 5.74) is 0. The Morgan fingerprint density at radius 1 is 0.857 bits per heavy atom. The molecule has 0 fully saturated rings. The molecular weight excluding hydrogens is 170 g/mol. The Labute approximate surface area is 92.7 Å². The van der Waals surface area contributed by atoms with Crippen LogP contribution in [0, 0.1) is 0 Å². The van der Waals surface area contributed by atoms with E-state index in [1.165, 1.54) is 32.2 Å². The highest BCUT2D eigenvalue weighted by Crippen LogP contribution is 1.96. The van der Waals surface area contributed by atoms with E-state index in [-0.39, 0.29) is 0 Å². The summed E-state index contributed by atoms with van der Waals surface area (Å²) in [5, 5.41) is 3.52. The van der Waals surface area contributed by atoms with Crippen molar-refractivity contribution < 1.29 is 0 Å². The Morgan fingerprint density at radius 2 is 1.29 bits per heavy atom. The lowest BCUT2D eigenvalue weighted by Crippen LogP contribution is -2.28. The molecule has 90 valence electrons. The fourth-order valence-electron chi connectivity index (χ4n) is 1.06. The Morgan fingerprint density at radius 3 is 1.57 bits per heavy atom. The van der Waals surface area contributed by atoms with Crippen LogP contribution in [-0.2, 0) is 0 Å². The van der Waals surface area contributed by atoms with Crippen molar-refractivity contribution in [2.24, 2.45) is 0 Å². The normalized spacial score (nSPS) is 8.57. The van der Waals surface area contributed by atoms with Crippen LogP contribution in [0.5, 0.6) is 0 Å². The highest BCUT2D eigenvalue weighted by molar-refractivity contribution is 4.61. The zero-order valence-electron chi connectivity index (χ0n) is 11.6. The van der Waals surface area contributed by atoms with Crippen molar-refractivity contribution in [1.29, 1.82) is 0 Å². The summed E-state index contributed by atoms with van der Waals surface area (Å²) in [6.45, 7) is 15.9. The van der Waals surface area contributed by atoms with Gasteiger partial charge in [-0.1, -0.05) is 54.9 Å². The van der Waals surface area contributed by atoms with Crippen LogP contribution in [0.4, 0.5) is 0 Å². The van der Waals surface area contributed by atoms with Crippen LogP contribution in [0.25, 0.3) is 0 Å². The van der Waals surface area contributed by atoms with Crippen molar-refractivity contribution in [3.63, 3.8) is 0 Å². The Balaban J connectivity index is -0.000000266. The van der Waals surface area contributed by atoms with Crippen molar-refractivity contribution in [2.75, 3.05) is 6.54 Å². The summed E-state index contributed by atoms with van der Waals surface area (Å²) < 4.78 is 0. The fourth-order valence-corrected chi connectivity index (χ4v) is 1.06. The molecule has 0 amide bonds. The summed E-state index contributed by atoms with van der Waals surface area (Å²) in [4.78, 5) is 0. The number of hydrogen-bond donors (Lipinski definition) is 1. The second-order valence-corrected chi connectivity index (χ2v) is 2.82. The van der Waals surface area contributed by atoms with Crippen LogP contribution >= 0.6 is 0 Å². The number of rotatable bonds is 6. The first-order valence-electron chi connectivity index (χ1n) is 6.58. The molecular formula is C13H33N. The predicted molar refractivity (Wildman–Crippen MR) is 70.0 cm³/mol. The lowest BCUT2D eigenvalue weighted by atomic mass is 10.1. The van der Waals surface area contributed by atoms with E-state index in [0.717, 1.165) is 6.04 Å². The maximum absolute atomic E-state index is 3.52. The quantitative estimate of drug-likeness (QED) is 0.621. The van der Waals surface area contributed by atoms with E-state index in [0.29, 0.717) is 0 Å². The van der Waals surface area contributed by atoms with E-state index in [2.05, 4.69) is 26.1 Å². The molecule has 0 heterocycles. The van der Waals surface area contributed by atoms with E-state index in [1.54, 1.807) is 0 Å². The molecule has 0 radical (unpaired) electrons. The van der Waals surface area contributed by atoms with Gasteiger partial charge in [0.15, 0.2) is 0 Å². The highest BCUT2D eigenvalue weighted by Gasteiger charge is 1.98. The number of unbranched alkanes of at least 4 members (excludes halogenated alkanes) is 1. The van der Waals surface area contributed by atoms with Gasteiger partial charge in [0.05, 0.1) is 0 Å². The Bertz CT molecular complexity index is 58.3. The minimum atomic E-state index is 0.756. The molecule has 0 spiro atoms. The van der Waals surface area contributed by atoms with Gasteiger partial charge in [0.2, 0.25) is 0 Å². The zero-order valence-corrected chi connectivity index (χ0v) is 11.6. The molecule has 0 aromatic carbocycles. The molecule has 0 aliphatic rings. The third-order valence-electron chi connectivity index (χ3n) is 1.95. The Hall–Kier alpha value is -0.0400. The molecule has 1 heteroatoms. The SMILES string of the molecule is CC.CC.CCCCNC(CC)CC. The molecule has 14 heavy (non-hydrogen) atoms. The third kappa shape index (κ3) is 17.9. The van der Waals surface area contributed by atoms with Crippen LogP contribution in [-0.4, -0.2) is 12.6 Å². The smallest absolute Gasteiger partial charge is 0.00618 e. The van der Waals surface area contributed by atoms with E-state index in [4.69, 9.17) is 0 Å². The van der Waals surface area contributed by atoms with Crippen molar-refractivity contribution >= 4 is 0 Å². The fraction of sp³-hybridized carbons (Fsp3) is 1.00. The molecule has 0 saturated heterocycles. The summed E-state index contributed by atoms with van der Waals surface area (Å²) >= 11 is 0. The first kappa shape index (κ1) is 19.5. The minimum Gasteiger partial charge on any atom is -0.314 e. The monoisotopic (exact) mass is 203 g/mol. The molecule has 0 unspecified atom stereocenters. The van der Waals surface area contributed by atoms with Crippen LogP contribution in [0.15, 0.2) is 0 Å². The molecule has 0 bridgehead atoms. The number of nitrogens with one attached hydrogen (secondary N) is 1. The topological polar surface area (TPSA) is 12.0 Å². The van der Waals surface area contributed by atoms with E-state index in [9.17, 15) is 0 Å². The van der Waals surface area contributed by atoms with Gasteiger partial charge in [-0.2, -0.15) is 0 Å². The van der Waals surface area contributed by atoms with Gasteiger partial charge in [-0.05, 0) is 25.8 Å². The maximum Gasteiger partial charge on any atom is 0.00618 e. The van der Waals surface area contributed by atoms with E-state index >= 15 is 0 Å². The Kier molecular flexibility index (Phi) is 32.2. The molecule has 1 nitrogen and oxygen atoms in total. The molecule has 0 aromatic rings. The third-order valence-corrected chi connectivity index (χ3v) is 1.95. The van der Waals surface area contributed by atoms with Gasteiger partial charge in [0.25, 0.3) is 0 Å². The van der Waals surface area contributed by atoms with Gasteiger partial charge in [-0.15, -0.1) is 0 Å². The molecule has 0 saturated carbocycles. The summed E-state index contributed by atoms with van der Waals surface area (Å²) in [6.07, 6.45) is 5.14. The van der Waals surface area contributed by atoms with Crippen molar-refractivity contribution in [1.82, 2.24) is 5.32 Å². The largest absolute Gasteiger partial charge is 0.314 e. The summed E-state index contributed by atoms with van der Waals surface area (Å²) in [7, 11) is 0. The van der Waals surface area contributed by atoms with Crippen molar-refractivity contribution in [3.8, 4) is 0 Å². The lowest BCUT2D eigenvalue weighted by Gasteiger charge is -2.13. The second kappa shape index (κ2) is 23.1. The van der Waals surface area contributed by atoms with Gasteiger partial charge >= 0.3 is 0 Å². The van der Waals surface area contributed by atoms with E-state index < -0.39 is 0 Å². The van der Waals surface area contributed by atoms with Crippen LogP contribution in [0.2, 0.25) is 0 Å². The van der Waals surface area contributed by atoms with Gasteiger partial charge in [-0.25, -0.2) is 0 Å². The maximum atomic E-state index is 3.52. The van der Waals surface area contributed by atoms with E-state index in [1.807, 2.05) is 27.7 Å². The first-order valence-corrected chi connectivity index (χ1v) is 6.58. The summed E-state index contributed by atoms with van der Waals surface area (Å²) in [5.74, 6) is 0. The van der Waals surface area contributed by atoms with Crippen LogP contribution in [0.3, 0.4) is 0 Å². The highest BCUT2D eigenvalue weighted by atomic mass is 14.9. The molecule has 0 rings (SSSR count). The zero-order chi connectivity index (χ0) is 11.8. The minimum absolute atomic E-state index is 0.756. The molecule has 1 N–H and O–H groups in total. The van der Waals surface area contributed by atoms with Gasteiger partial charge in [0, 0.05) is 6.04 Å². The number of hydrogen-bond acceptors (Lipinski definition) is 1. The molecule has 0 aromatic heterocycles. The van der Waals surface area contributed by atoms with Crippen LogP contribution in [0.1, 0.15) is 74.1 Å². The van der Waals surface area contributed by atoms with Crippen molar-refractivity contribution in [3.05, 3.63) is 0 Å². The standard InChI is InChI=1S/C9H21N.2C2H6/c1-4-7-8-10-9(5-2)6-3;2*1-2/h9-10H,4-8H2,1-3H3;2*1-2H3. The molecule has 0 aliphatic heterocycles. The van der Waals surface area contributed by atoms with Crippen molar-refractivity contribution in [2.45, 2.75) is 80.2 Å². The molecule has 0 aliphatic carbocycles. The van der Waals surface area contributed by atoms with Gasteiger partial charge < -0.3 is 5.32 Å². The van der Waals surface area contributed by atoms with Gasteiger partial charge in [0.1, 0.15) is 0 Å². The lowest BCUT2D eigenvalue weighted by molar-refractivity contribution is 0.477. The van der Waals surface area contributed by atoms with Crippen LogP contribution < -0.4 is 5.32 Å². The first-order chi connectivity index (χ1) is 6.85.